The van der Waals surface area contributed by atoms with Crippen molar-refractivity contribution in [3.63, 3.8) is 0 Å². The molecule has 0 unspecified atom stereocenters. The van der Waals surface area contributed by atoms with Gasteiger partial charge in [-0.25, -0.2) is 4.52 Å². The smallest absolute Gasteiger partial charge is 0.276 e. The molecule has 4 rings (SSSR count). The van der Waals surface area contributed by atoms with Crippen LogP contribution in [-0.2, 0) is 0 Å². The number of likely N-dealkylation sites (tertiary alicyclic amines) is 1. The quantitative estimate of drug-likeness (QED) is 0.775. The van der Waals surface area contributed by atoms with Crippen molar-refractivity contribution in [2.24, 2.45) is 5.92 Å². The molecule has 1 N–H and O–H groups in total. The Bertz CT molecular complexity index is 968. The van der Waals surface area contributed by atoms with Crippen LogP contribution in [0.1, 0.15) is 30.3 Å². The van der Waals surface area contributed by atoms with Crippen LogP contribution in [0.5, 0.6) is 0 Å². The Hall–Kier alpha value is -2.96. The molecule has 7 nitrogen and oxygen atoms in total. The van der Waals surface area contributed by atoms with Crippen molar-refractivity contribution >= 4 is 11.4 Å². The van der Waals surface area contributed by atoms with Crippen LogP contribution < -0.4 is 5.56 Å². The Morgan fingerprint density at radius 1 is 1.20 bits per heavy atom. The fourth-order valence-electron chi connectivity index (χ4n) is 3.20. The van der Waals surface area contributed by atoms with Crippen LogP contribution >= 0.6 is 0 Å². The molecule has 0 bridgehead atoms. The number of amides is 1. The zero-order valence-electron chi connectivity index (χ0n) is 14.0. The summed E-state index contributed by atoms with van der Waals surface area (Å²) < 4.78 is 1.39. The summed E-state index contributed by atoms with van der Waals surface area (Å²) in [6, 6.07) is 9.49. The number of carbonyl (C=O) groups is 1. The maximum atomic E-state index is 12.7. The molecule has 0 radical (unpaired) electrons. The zero-order valence-corrected chi connectivity index (χ0v) is 14.0. The minimum absolute atomic E-state index is 0.121. The first-order chi connectivity index (χ1) is 12.1. The molecular weight excluding hydrogens is 318 g/mol. The van der Waals surface area contributed by atoms with E-state index >= 15 is 0 Å². The zero-order chi connectivity index (χ0) is 17.4. The maximum Gasteiger partial charge on any atom is 0.276 e. The van der Waals surface area contributed by atoms with E-state index in [9.17, 15) is 9.59 Å². The fourth-order valence-corrected chi connectivity index (χ4v) is 3.20. The highest BCUT2D eigenvalue weighted by Crippen LogP contribution is 2.19. The summed E-state index contributed by atoms with van der Waals surface area (Å²) in [6.45, 7) is 3.57. The molecule has 1 aliphatic rings. The topological polar surface area (TPSA) is 83.4 Å². The molecule has 1 amide bonds. The fraction of sp³-hybridized carbons (Fsp3) is 0.333. The van der Waals surface area contributed by atoms with Crippen LogP contribution in [0, 0.1) is 5.92 Å². The Morgan fingerprint density at radius 2 is 1.92 bits per heavy atom. The Labute approximate surface area is 144 Å². The highest BCUT2D eigenvalue weighted by molar-refractivity contribution is 5.98. The van der Waals surface area contributed by atoms with E-state index in [0.717, 1.165) is 18.4 Å². The van der Waals surface area contributed by atoms with Gasteiger partial charge in [-0.3, -0.25) is 9.59 Å². The maximum absolute atomic E-state index is 12.7. The second-order valence-electron chi connectivity index (χ2n) is 6.57. The van der Waals surface area contributed by atoms with Gasteiger partial charge in [0.15, 0.2) is 11.2 Å². The van der Waals surface area contributed by atoms with Gasteiger partial charge in [-0.2, -0.15) is 0 Å². The van der Waals surface area contributed by atoms with Crippen LogP contribution in [0.25, 0.3) is 16.8 Å². The van der Waals surface area contributed by atoms with Crippen molar-refractivity contribution in [1.82, 2.24) is 24.7 Å². The average Bonchev–Trinajstić information content (AvgIpc) is 3.07. The van der Waals surface area contributed by atoms with Crippen molar-refractivity contribution in [2.45, 2.75) is 19.8 Å². The van der Waals surface area contributed by atoms with Crippen molar-refractivity contribution in [3.05, 3.63) is 52.6 Å². The van der Waals surface area contributed by atoms with E-state index in [2.05, 4.69) is 22.2 Å². The first kappa shape index (κ1) is 15.6. The van der Waals surface area contributed by atoms with Crippen LogP contribution in [-0.4, -0.2) is 43.7 Å². The lowest BCUT2D eigenvalue weighted by molar-refractivity contribution is 0.0693. The van der Waals surface area contributed by atoms with E-state index in [1.54, 1.807) is 11.1 Å². The van der Waals surface area contributed by atoms with E-state index in [4.69, 9.17) is 0 Å². The Balaban J connectivity index is 1.72. The number of fused-ring (bicyclic) bond motifs is 1. The Kier molecular flexibility index (Phi) is 3.83. The summed E-state index contributed by atoms with van der Waals surface area (Å²) >= 11 is 0. The molecule has 1 aliphatic heterocycles. The molecule has 128 valence electrons. The number of aromatic amines is 1. The standard InChI is InChI=1S/C18H19N5O2/c1-12-7-9-22(10-8-12)18(25)15-16-17(24)19-14(11-23(16)21-20-15)13-5-3-2-4-6-13/h2-6,11-12H,7-10H2,1H3,(H,19,24). The lowest BCUT2D eigenvalue weighted by Crippen LogP contribution is -2.38. The van der Waals surface area contributed by atoms with Gasteiger partial charge in [-0.15, -0.1) is 5.10 Å². The van der Waals surface area contributed by atoms with Gasteiger partial charge >= 0.3 is 0 Å². The largest absolute Gasteiger partial charge is 0.337 e. The molecule has 0 atom stereocenters. The first-order valence-corrected chi connectivity index (χ1v) is 8.46. The van der Waals surface area contributed by atoms with Crippen molar-refractivity contribution in [2.75, 3.05) is 13.1 Å². The summed E-state index contributed by atoms with van der Waals surface area (Å²) in [6.07, 6.45) is 3.63. The number of nitrogens with one attached hydrogen (secondary N) is 1. The van der Waals surface area contributed by atoms with E-state index in [1.807, 2.05) is 30.3 Å². The molecule has 3 aromatic rings. The lowest BCUT2D eigenvalue weighted by atomic mass is 9.99. The van der Waals surface area contributed by atoms with E-state index < -0.39 is 0 Å². The highest BCUT2D eigenvalue weighted by Gasteiger charge is 2.26. The van der Waals surface area contributed by atoms with Crippen LogP contribution in [0.3, 0.4) is 0 Å². The van der Waals surface area contributed by atoms with Gasteiger partial charge in [0, 0.05) is 13.1 Å². The minimum Gasteiger partial charge on any atom is -0.337 e. The predicted octanol–water partition coefficient (Wildman–Crippen LogP) is 1.96. The number of H-pyrrole nitrogens is 1. The molecule has 1 aromatic carbocycles. The third-order valence-corrected chi connectivity index (χ3v) is 4.77. The van der Waals surface area contributed by atoms with Crippen LogP contribution in [0.15, 0.2) is 41.3 Å². The van der Waals surface area contributed by atoms with Crippen molar-refractivity contribution < 1.29 is 4.79 Å². The monoisotopic (exact) mass is 337 g/mol. The van der Waals surface area contributed by atoms with E-state index in [1.165, 1.54) is 4.52 Å². The summed E-state index contributed by atoms with van der Waals surface area (Å²) in [4.78, 5) is 29.9. The number of piperidine rings is 1. The SMILES string of the molecule is CC1CCN(C(=O)c2nnn3cc(-c4ccccc4)[nH]c(=O)c23)CC1. The lowest BCUT2D eigenvalue weighted by Gasteiger charge is -2.29. The van der Waals surface area contributed by atoms with E-state index in [-0.39, 0.29) is 22.7 Å². The summed E-state index contributed by atoms with van der Waals surface area (Å²) in [7, 11) is 0. The summed E-state index contributed by atoms with van der Waals surface area (Å²) in [5, 5.41) is 7.98. The molecule has 0 aliphatic carbocycles. The van der Waals surface area contributed by atoms with Gasteiger partial charge in [-0.05, 0) is 24.3 Å². The molecule has 1 saturated heterocycles. The molecular formula is C18H19N5O2. The molecule has 25 heavy (non-hydrogen) atoms. The van der Waals surface area contributed by atoms with Gasteiger partial charge in [0.05, 0.1) is 11.9 Å². The van der Waals surface area contributed by atoms with Gasteiger partial charge in [0.2, 0.25) is 0 Å². The summed E-state index contributed by atoms with van der Waals surface area (Å²) in [5.41, 5.74) is 1.46. The Morgan fingerprint density at radius 3 is 2.64 bits per heavy atom. The number of carbonyl (C=O) groups excluding carboxylic acids is 1. The van der Waals surface area contributed by atoms with Gasteiger partial charge in [0.1, 0.15) is 0 Å². The molecule has 3 heterocycles. The second-order valence-corrected chi connectivity index (χ2v) is 6.57. The second kappa shape index (κ2) is 6.16. The van der Waals surface area contributed by atoms with Crippen LogP contribution in [0.2, 0.25) is 0 Å². The van der Waals surface area contributed by atoms with E-state index in [0.29, 0.717) is 24.7 Å². The van der Waals surface area contributed by atoms with Gasteiger partial charge in [0.25, 0.3) is 11.5 Å². The third-order valence-electron chi connectivity index (χ3n) is 4.77. The normalized spacial score (nSPS) is 15.6. The number of nitrogens with zero attached hydrogens (tertiary/aromatic N) is 4. The number of hydrogen-bond donors (Lipinski definition) is 1. The van der Waals surface area contributed by atoms with Crippen molar-refractivity contribution in [3.8, 4) is 11.3 Å². The molecule has 7 heteroatoms. The van der Waals surface area contributed by atoms with Crippen molar-refractivity contribution in [1.29, 1.82) is 0 Å². The molecule has 0 spiro atoms. The number of hydrogen-bond acceptors (Lipinski definition) is 4. The molecule has 0 saturated carbocycles. The molecule has 2 aromatic heterocycles. The highest BCUT2D eigenvalue weighted by atomic mass is 16.2. The minimum atomic E-state index is -0.361. The number of aromatic nitrogens is 4. The first-order valence-electron chi connectivity index (χ1n) is 8.46. The number of benzene rings is 1. The third kappa shape index (κ3) is 2.82. The van der Waals surface area contributed by atoms with Gasteiger partial charge in [-0.1, -0.05) is 42.5 Å². The summed E-state index contributed by atoms with van der Waals surface area (Å²) in [5.74, 6) is 0.401. The van der Waals surface area contributed by atoms with Gasteiger partial charge < -0.3 is 9.88 Å². The van der Waals surface area contributed by atoms with Crippen LogP contribution in [0.4, 0.5) is 0 Å². The number of rotatable bonds is 2. The molecule has 1 fully saturated rings. The average molecular weight is 337 g/mol. The predicted molar refractivity (Wildman–Crippen MR) is 93.3 cm³/mol.